The first-order valence-corrected chi connectivity index (χ1v) is 12.0. The summed E-state index contributed by atoms with van der Waals surface area (Å²) < 4.78 is 6.00. The maximum atomic E-state index is 6.57. The van der Waals surface area contributed by atoms with Gasteiger partial charge in [0.15, 0.2) is 0 Å². The zero-order valence-electron chi connectivity index (χ0n) is 19.1. The third-order valence-electron chi connectivity index (χ3n) is 6.49. The number of amidine groups is 1. The molecule has 0 amide bonds. The van der Waals surface area contributed by atoms with Crippen molar-refractivity contribution in [1.29, 1.82) is 0 Å². The summed E-state index contributed by atoms with van der Waals surface area (Å²) >= 11 is 12.7. The summed E-state index contributed by atoms with van der Waals surface area (Å²) in [7, 11) is 6.27. The molecule has 0 unspecified atom stereocenters. The average Bonchev–Trinajstić information content (AvgIpc) is 2.75. The minimum atomic E-state index is 0.00677. The molecule has 4 rings (SSSR count). The molecular weight excluding hydrogens is 443 g/mol. The number of nitrogens with one attached hydrogen (secondary N) is 1. The summed E-state index contributed by atoms with van der Waals surface area (Å²) in [6.07, 6.45) is 3.09. The van der Waals surface area contributed by atoms with Gasteiger partial charge in [0.05, 0.1) is 11.6 Å². The minimum absolute atomic E-state index is 0.00677. The Bertz CT molecular complexity index is 984. The molecule has 0 saturated carbocycles. The lowest BCUT2D eigenvalue weighted by atomic mass is 9.70. The zero-order valence-corrected chi connectivity index (χ0v) is 20.6. The van der Waals surface area contributed by atoms with Gasteiger partial charge in [0, 0.05) is 22.7 Å². The van der Waals surface area contributed by atoms with Gasteiger partial charge < -0.3 is 19.9 Å². The van der Waals surface area contributed by atoms with Crippen LogP contribution in [0.2, 0.25) is 10.0 Å². The number of piperidine rings is 1. The fourth-order valence-corrected chi connectivity index (χ4v) is 4.92. The van der Waals surface area contributed by atoms with Crippen molar-refractivity contribution < 1.29 is 4.74 Å². The molecule has 1 saturated heterocycles. The Morgan fingerprint density at radius 3 is 2.66 bits per heavy atom. The molecule has 2 heterocycles. The van der Waals surface area contributed by atoms with Crippen molar-refractivity contribution in [2.24, 2.45) is 10.4 Å². The molecule has 7 heteroatoms. The van der Waals surface area contributed by atoms with Crippen molar-refractivity contribution >= 4 is 34.7 Å². The lowest BCUT2D eigenvalue weighted by Crippen LogP contribution is -2.49. The van der Waals surface area contributed by atoms with E-state index in [0.717, 1.165) is 66.8 Å². The molecule has 2 aromatic carbocycles. The largest absolute Gasteiger partial charge is 0.491 e. The molecule has 2 aromatic rings. The molecule has 1 fully saturated rings. The molecule has 0 aliphatic carbocycles. The molecule has 2 aliphatic rings. The highest BCUT2D eigenvalue weighted by atomic mass is 35.5. The molecule has 172 valence electrons. The van der Waals surface area contributed by atoms with Crippen LogP contribution in [0.3, 0.4) is 0 Å². The van der Waals surface area contributed by atoms with Gasteiger partial charge in [-0.25, -0.2) is 0 Å². The number of anilines is 1. The number of ether oxygens (including phenoxy) is 1. The van der Waals surface area contributed by atoms with Crippen LogP contribution in [0, 0.1) is 5.41 Å². The summed E-state index contributed by atoms with van der Waals surface area (Å²) in [5.41, 5.74) is 3.40. The second-order valence-corrected chi connectivity index (χ2v) is 10.1. The predicted octanol–water partition coefficient (Wildman–Crippen LogP) is 5.21. The van der Waals surface area contributed by atoms with E-state index in [0.29, 0.717) is 18.2 Å². The number of benzene rings is 2. The fraction of sp³-hybridized carbons (Fsp3) is 0.480. The Hall–Kier alpha value is -1.79. The first kappa shape index (κ1) is 23.4. The Kier molecular flexibility index (Phi) is 7.30. The quantitative estimate of drug-likeness (QED) is 0.623. The van der Waals surface area contributed by atoms with Gasteiger partial charge >= 0.3 is 0 Å². The standard InChI is InChI=1S/C25H32Cl2N4O/c1-30(2)11-12-32-23-14-19-16-25(7-9-31(3)10-8-25)24(29-22(19)15-21(23)27)28-17-18-5-4-6-20(26)13-18/h4-6,13-15H,7-12,16-17H2,1-3H3,(H,28,29). The number of fused-ring (bicyclic) bond motifs is 1. The minimum Gasteiger partial charge on any atom is -0.491 e. The normalized spacial score (nSPS) is 19.2. The van der Waals surface area contributed by atoms with Gasteiger partial charge in [-0.1, -0.05) is 35.3 Å². The van der Waals surface area contributed by atoms with Crippen LogP contribution in [-0.4, -0.2) is 63.0 Å². The van der Waals surface area contributed by atoms with E-state index >= 15 is 0 Å². The smallest absolute Gasteiger partial charge is 0.138 e. The second kappa shape index (κ2) is 10.0. The first-order chi connectivity index (χ1) is 15.3. The molecule has 1 spiro atoms. The van der Waals surface area contributed by atoms with Gasteiger partial charge in [0.2, 0.25) is 0 Å². The molecule has 2 aliphatic heterocycles. The molecule has 5 nitrogen and oxygen atoms in total. The Labute approximate surface area is 201 Å². The molecule has 0 bridgehead atoms. The van der Waals surface area contributed by atoms with Crippen LogP contribution in [0.4, 0.5) is 5.69 Å². The van der Waals surface area contributed by atoms with Gasteiger partial charge in [0.25, 0.3) is 0 Å². The van der Waals surface area contributed by atoms with Gasteiger partial charge in [-0.15, -0.1) is 0 Å². The topological polar surface area (TPSA) is 40.1 Å². The van der Waals surface area contributed by atoms with E-state index in [4.69, 9.17) is 32.9 Å². The summed E-state index contributed by atoms with van der Waals surface area (Å²) in [4.78, 5) is 9.56. The van der Waals surface area contributed by atoms with Crippen molar-refractivity contribution in [2.45, 2.75) is 25.8 Å². The van der Waals surface area contributed by atoms with E-state index in [1.54, 1.807) is 0 Å². The molecule has 0 aromatic heterocycles. The lowest BCUT2D eigenvalue weighted by molar-refractivity contribution is 0.178. The Morgan fingerprint density at radius 1 is 1.16 bits per heavy atom. The predicted molar refractivity (Wildman–Crippen MR) is 135 cm³/mol. The number of rotatable bonds is 6. The Balaban J connectivity index is 1.62. The highest BCUT2D eigenvalue weighted by Crippen LogP contribution is 2.44. The summed E-state index contributed by atoms with van der Waals surface area (Å²) in [5, 5.41) is 5.02. The monoisotopic (exact) mass is 474 g/mol. The van der Waals surface area contributed by atoms with Crippen molar-refractivity contribution in [2.75, 3.05) is 52.7 Å². The number of halogens is 2. The van der Waals surface area contributed by atoms with Gasteiger partial charge in [0.1, 0.15) is 18.2 Å². The molecule has 0 radical (unpaired) electrons. The van der Waals surface area contributed by atoms with E-state index in [1.807, 2.05) is 38.4 Å². The molecule has 0 atom stereocenters. The van der Waals surface area contributed by atoms with Crippen LogP contribution in [0.5, 0.6) is 5.75 Å². The number of likely N-dealkylation sites (N-methyl/N-ethyl adjacent to an activating group) is 1. The number of aliphatic imine (C=N–C) groups is 1. The van der Waals surface area contributed by atoms with Crippen molar-refractivity contribution in [3.8, 4) is 5.75 Å². The summed E-state index contributed by atoms with van der Waals surface area (Å²) in [6.45, 7) is 4.19. The average molecular weight is 475 g/mol. The van der Waals surface area contributed by atoms with Crippen LogP contribution < -0.4 is 10.1 Å². The number of nitrogens with zero attached hydrogens (tertiary/aromatic N) is 3. The van der Waals surface area contributed by atoms with E-state index in [9.17, 15) is 0 Å². The van der Waals surface area contributed by atoms with E-state index in [-0.39, 0.29) is 5.41 Å². The molecule has 1 N–H and O–H groups in total. The van der Waals surface area contributed by atoms with Crippen LogP contribution in [0.25, 0.3) is 0 Å². The lowest BCUT2D eigenvalue weighted by Gasteiger charge is -2.45. The van der Waals surface area contributed by atoms with E-state index in [2.05, 4.69) is 34.3 Å². The van der Waals surface area contributed by atoms with Crippen molar-refractivity contribution in [3.63, 3.8) is 0 Å². The molecule has 32 heavy (non-hydrogen) atoms. The van der Waals surface area contributed by atoms with Crippen LogP contribution in [-0.2, 0) is 13.0 Å². The second-order valence-electron chi connectivity index (χ2n) is 9.27. The van der Waals surface area contributed by atoms with Crippen LogP contribution in [0.1, 0.15) is 24.0 Å². The van der Waals surface area contributed by atoms with Crippen molar-refractivity contribution in [1.82, 2.24) is 9.80 Å². The number of hydrogen-bond acceptors (Lipinski definition) is 4. The van der Waals surface area contributed by atoms with E-state index < -0.39 is 0 Å². The third-order valence-corrected chi connectivity index (χ3v) is 7.02. The SMILES string of the molecule is CN(C)CCOc1cc2c(cc1Cl)NC(=NCc1cccc(Cl)c1)C1(CCN(C)CC1)C2. The highest BCUT2D eigenvalue weighted by Gasteiger charge is 2.42. The Morgan fingerprint density at radius 2 is 1.94 bits per heavy atom. The van der Waals surface area contributed by atoms with E-state index in [1.165, 1.54) is 5.56 Å². The summed E-state index contributed by atoms with van der Waals surface area (Å²) in [5.74, 6) is 1.83. The maximum Gasteiger partial charge on any atom is 0.138 e. The van der Waals surface area contributed by atoms with Crippen LogP contribution in [0.15, 0.2) is 41.4 Å². The van der Waals surface area contributed by atoms with Gasteiger partial charge in [-0.2, -0.15) is 0 Å². The van der Waals surface area contributed by atoms with Crippen LogP contribution >= 0.6 is 23.2 Å². The first-order valence-electron chi connectivity index (χ1n) is 11.2. The van der Waals surface area contributed by atoms with Gasteiger partial charge in [-0.05, 0) is 88.9 Å². The van der Waals surface area contributed by atoms with Crippen molar-refractivity contribution in [3.05, 3.63) is 57.6 Å². The highest BCUT2D eigenvalue weighted by molar-refractivity contribution is 6.32. The zero-order chi connectivity index (χ0) is 22.7. The maximum absolute atomic E-state index is 6.57. The number of likely N-dealkylation sites (tertiary alicyclic amines) is 1. The fourth-order valence-electron chi connectivity index (χ4n) is 4.49. The number of hydrogen-bond donors (Lipinski definition) is 1. The summed E-state index contributed by atoms with van der Waals surface area (Å²) in [6, 6.07) is 12.0. The third kappa shape index (κ3) is 5.40. The molecular formula is C25H32Cl2N4O. The van der Waals surface area contributed by atoms with Gasteiger partial charge in [-0.3, -0.25) is 4.99 Å².